The maximum Gasteiger partial charge on any atom is 0.270 e. The summed E-state index contributed by atoms with van der Waals surface area (Å²) in [4.78, 5) is 22.4. The summed E-state index contributed by atoms with van der Waals surface area (Å²) in [6.07, 6.45) is 2.54. The fourth-order valence-electron chi connectivity index (χ4n) is 3.85. The van der Waals surface area contributed by atoms with Crippen LogP contribution in [0.1, 0.15) is 40.0 Å². The van der Waals surface area contributed by atoms with Crippen molar-refractivity contribution in [3.8, 4) is 11.5 Å². The van der Waals surface area contributed by atoms with Gasteiger partial charge in [0.2, 0.25) is 11.8 Å². The number of rotatable bonds is 3. The van der Waals surface area contributed by atoms with Gasteiger partial charge in [0.15, 0.2) is 0 Å². The summed E-state index contributed by atoms with van der Waals surface area (Å²) in [6, 6.07) is 11.8. The molecule has 1 fully saturated rings. The molecule has 7 heteroatoms. The number of fused-ring (bicyclic) bond motifs is 1. The van der Waals surface area contributed by atoms with Gasteiger partial charge in [-0.15, -0.1) is 10.2 Å². The smallest absolute Gasteiger partial charge is 0.270 e. The quantitative estimate of drug-likeness (QED) is 0.577. The van der Waals surface area contributed by atoms with Gasteiger partial charge in [-0.2, -0.15) is 0 Å². The van der Waals surface area contributed by atoms with Crippen LogP contribution >= 0.6 is 0 Å². The highest BCUT2D eigenvalue weighted by molar-refractivity contribution is 5.99. The SMILES string of the molecule is Cc1ccc(-c2nnc(C3CCN(C(=O)c4cc5c(C)cccc5[nH]4)C3)o2)cn1. The molecule has 0 aliphatic carbocycles. The van der Waals surface area contributed by atoms with Crippen molar-refractivity contribution in [3.05, 3.63) is 65.4 Å². The van der Waals surface area contributed by atoms with Crippen molar-refractivity contribution in [1.29, 1.82) is 0 Å². The lowest BCUT2D eigenvalue weighted by Crippen LogP contribution is -2.28. The zero-order valence-corrected chi connectivity index (χ0v) is 16.3. The van der Waals surface area contributed by atoms with Crippen molar-refractivity contribution in [2.24, 2.45) is 0 Å². The Hall–Kier alpha value is -3.48. The summed E-state index contributed by atoms with van der Waals surface area (Å²) >= 11 is 0. The third kappa shape index (κ3) is 3.18. The van der Waals surface area contributed by atoms with Gasteiger partial charge in [0.1, 0.15) is 5.69 Å². The second-order valence-electron chi connectivity index (χ2n) is 7.59. The number of nitrogens with one attached hydrogen (secondary N) is 1. The van der Waals surface area contributed by atoms with Crippen molar-refractivity contribution in [2.75, 3.05) is 13.1 Å². The number of hydrogen-bond donors (Lipinski definition) is 1. The zero-order valence-electron chi connectivity index (χ0n) is 16.3. The number of aryl methyl sites for hydroxylation is 2. The molecule has 4 aromatic rings. The molecular formula is C22H21N5O2. The molecule has 0 bridgehead atoms. The molecular weight excluding hydrogens is 366 g/mol. The highest BCUT2D eigenvalue weighted by Gasteiger charge is 2.32. The van der Waals surface area contributed by atoms with Crippen LogP contribution in [0.2, 0.25) is 0 Å². The standard InChI is InChI=1S/C22H21N5O2/c1-13-4-3-5-18-17(13)10-19(24-18)22(28)27-9-8-16(12-27)21-26-25-20(29-21)15-7-6-14(2)23-11-15/h3-7,10-11,16,24H,8-9,12H2,1-2H3. The molecule has 4 heterocycles. The topological polar surface area (TPSA) is 87.9 Å². The summed E-state index contributed by atoms with van der Waals surface area (Å²) in [5, 5.41) is 9.46. The monoisotopic (exact) mass is 387 g/mol. The van der Waals surface area contributed by atoms with Gasteiger partial charge < -0.3 is 14.3 Å². The van der Waals surface area contributed by atoms with E-state index in [1.807, 2.05) is 55.1 Å². The number of carbonyl (C=O) groups excluding carboxylic acids is 1. The fraction of sp³-hybridized carbons (Fsp3) is 0.273. The van der Waals surface area contributed by atoms with E-state index in [4.69, 9.17) is 4.42 Å². The molecule has 0 radical (unpaired) electrons. The van der Waals surface area contributed by atoms with Crippen molar-refractivity contribution in [1.82, 2.24) is 25.1 Å². The fourth-order valence-corrected chi connectivity index (χ4v) is 3.85. The molecule has 1 atom stereocenters. The number of likely N-dealkylation sites (tertiary alicyclic amines) is 1. The first-order chi connectivity index (χ1) is 14.1. The van der Waals surface area contributed by atoms with Crippen LogP contribution < -0.4 is 0 Å². The van der Waals surface area contributed by atoms with Crippen LogP contribution in [0.4, 0.5) is 0 Å². The summed E-state index contributed by atoms with van der Waals surface area (Å²) in [7, 11) is 0. The van der Waals surface area contributed by atoms with E-state index in [2.05, 4.69) is 20.2 Å². The molecule has 1 amide bonds. The zero-order chi connectivity index (χ0) is 20.0. The summed E-state index contributed by atoms with van der Waals surface area (Å²) in [5.41, 5.74) is 4.49. The normalized spacial score (nSPS) is 16.6. The second kappa shape index (κ2) is 6.84. The van der Waals surface area contributed by atoms with E-state index in [9.17, 15) is 4.79 Å². The van der Waals surface area contributed by atoms with E-state index in [0.717, 1.165) is 34.1 Å². The van der Waals surface area contributed by atoms with Gasteiger partial charge in [0.05, 0.1) is 11.5 Å². The average molecular weight is 387 g/mol. The lowest BCUT2D eigenvalue weighted by atomic mass is 10.1. The highest BCUT2D eigenvalue weighted by atomic mass is 16.4. The number of carbonyl (C=O) groups is 1. The number of hydrogen-bond acceptors (Lipinski definition) is 5. The van der Waals surface area contributed by atoms with E-state index in [1.54, 1.807) is 6.20 Å². The van der Waals surface area contributed by atoms with Gasteiger partial charge in [0.25, 0.3) is 5.91 Å². The van der Waals surface area contributed by atoms with Gasteiger partial charge in [-0.25, -0.2) is 0 Å². The van der Waals surface area contributed by atoms with Crippen LogP contribution in [0.5, 0.6) is 0 Å². The number of aromatic nitrogens is 4. The van der Waals surface area contributed by atoms with E-state index in [-0.39, 0.29) is 11.8 Å². The van der Waals surface area contributed by atoms with Crippen molar-refractivity contribution in [3.63, 3.8) is 0 Å². The number of nitrogens with zero attached hydrogens (tertiary/aromatic N) is 4. The molecule has 1 aliphatic heterocycles. The molecule has 3 aromatic heterocycles. The van der Waals surface area contributed by atoms with Crippen molar-refractivity contribution in [2.45, 2.75) is 26.2 Å². The van der Waals surface area contributed by atoms with Crippen LogP contribution in [-0.2, 0) is 0 Å². The molecule has 1 aliphatic rings. The van der Waals surface area contributed by atoms with Gasteiger partial charge in [0, 0.05) is 35.9 Å². The van der Waals surface area contributed by atoms with Gasteiger partial charge in [-0.05, 0) is 50.1 Å². The maximum atomic E-state index is 13.0. The third-order valence-corrected chi connectivity index (χ3v) is 5.54. The van der Waals surface area contributed by atoms with E-state index in [0.29, 0.717) is 30.6 Å². The molecule has 146 valence electrons. The predicted molar refractivity (Wildman–Crippen MR) is 109 cm³/mol. The Morgan fingerprint density at radius 2 is 2.10 bits per heavy atom. The predicted octanol–water partition coefficient (Wildman–Crippen LogP) is 3.86. The van der Waals surface area contributed by atoms with E-state index in [1.165, 1.54) is 0 Å². The van der Waals surface area contributed by atoms with Crippen molar-refractivity contribution >= 4 is 16.8 Å². The first-order valence-corrected chi connectivity index (χ1v) is 9.72. The Kier molecular flexibility index (Phi) is 4.16. The molecule has 1 saturated heterocycles. The largest absolute Gasteiger partial charge is 0.420 e. The van der Waals surface area contributed by atoms with Crippen molar-refractivity contribution < 1.29 is 9.21 Å². The minimum atomic E-state index is 0.00516. The lowest BCUT2D eigenvalue weighted by molar-refractivity contribution is 0.0785. The number of amides is 1. The first-order valence-electron chi connectivity index (χ1n) is 9.72. The third-order valence-electron chi connectivity index (χ3n) is 5.54. The Balaban J connectivity index is 1.32. The van der Waals surface area contributed by atoms with Gasteiger partial charge in [-0.3, -0.25) is 9.78 Å². The van der Waals surface area contributed by atoms with Crippen LogP contribution in [0.15, 0.2) is 47.0 Å². The molecule has 29 heavy (non-hydrogen) atoms. The Labute approximate surface area is 167 Å². The Morgan fingerprint density at radius 1 is 1.21 bits per heavy atom. The van der Waals surface area contributed by atoms with Crippen LogP contribution in [0, 0.1) is 13.8 Å². The number of benzene rings is 1. The molecule has 0 spiro atoms. The number of pyridine rings is 1. The van der Waals surface area contributed by atoms with Crippen LogP contribution in [0.3, 0.4) is 0 Å². The minimum Gasteiger partial charge on any atom is -0.420 e. The molecule has 1 aromatic carbocycles. The molecule has 1 N–H and O–H groups in total. The Morgan fingerprint density at radius 3 is 2.90 bits per heavy atom. The van der Waals surface area contributed by atoms with Gasteiger partial charge in [-0.1, -0.05) is 12.1 Å². The molecule has 7 nitrogen and oxygen atoms in total. The average Bonchev–Trinajstić information content (AvgIpc) is 3.47. The highest BCUT2D eigenvalue weighted by Crippen LogP contribution is 2.30. The second-order valence-corrected chi connectivity index (χ2v) is 7.59. The van der Waals surface area contributed by atoms with E-state index < -0.39 is 0 Å². The number of H-pyrrole nitrogens is 1. The molecule has 1 unspecified atom stereocenters. The van der Waals surface area contributed by atoms with Crippen LogP contribution in [-0.4, -0.2) is 44.1 Å². The van der Waals surface area contributed by atoms with Gasteiger partial charge >= 0.3 is 0 Å². The molecule has 0 saturated carbocycles. The van der Waals surface area contributed by atoms with E-state index >= 15 is 0 Å². The van der Waals surface area contributed by atoms with Crippen LogP contribution in [0.25, 0.3) is 22.4 Å². The summed E-state index contributed by atoms with van der Waals surface area (Å²) < 4.78 is 5.88. The minimum absolute atomic E-state index is 0.00516. The Bertz CT molecular complexity index is 1190. The number of aromatic amines is 1. The summed E-state index contributed by atoms with van der Waals surface area (Å²) in [5.74, 6) is 1.09. The molecule has 5 rings (SSSR count). The summed E-state index contributed by atoms with van der Waals surface area (Å²) in [6.45, 7) is 5.22. The lowest BCUT2D eigenvalue weighted by Gasteiger charge is -2.14. The first kappa shape index (κ1) is 17.6. The maximum absolute atomic E-state index is 13.0.